The molecule has 2 aromatic carbocycles. The summed E-state index contributed by atoms with van der Waals surface area (Å²) < 4.78 is 0. The highest BCUT2D eigenvalue weighted by Crippen LogP contribution is 3.54. The molecule has 2 nitrogen and oxygen atoms in total. The first-order valence-electron chi connectivity index (χ1n) is 7.55. The highest BCUT2D eigenvalue weighted by Gasteiger charge is 3.60. The number of hydrogen-bond donors (Lipinski definition) is 2. The summed E-state index contributed by atoms with van der Waals surface area (Å²) in [6, 6.07) is 13.9. The van der Waals surface area contributed by atoms with Gasteiger partial charge in [0.2, 0.25) is 0 Å². The van der Waals surface area contributed by atoms with Crippen molar-refractivity contribution in [3.05, 3.63) is 58.7 Å². The SMILES string of the molecule is Nc1cc2ccc1C13C45c6ccc(c(N)c6)C16C41C25C361. The van der Waals surface area contributed by atoms with Crippen LogP contribution in [0.4, 0.5) is 11.4 Å². The molecular formula is C18H10N2. The maximum absolute atomic E-state index is 6.40. The van der Waals surface area contributed by atoms with Crippen molar-refractivity contribution in [2.24, 2.45) is 10.8 Å². The molecule has 7 saturated carbocycles. The van der Waals surface area contributed by atoms with Gasteiger partial charge in [-0.1, -0.05) is 24.3 Å². The van der Waals surface area contributed by atoms with Gasteiger partial charge in [0.15, 0.2) is 0 Å². The molecule has 6 atom stereocenters. The van der Waals surface area contributed by atoms with Gasteiger partial charge in [-0.15, -0.1) is 0 Å². The first-order chi connectivity index (χ1) is 9.74. The topological polar surface area (TPSA) is 52.0 Å². The fraction of sp³-hybridized carbons (Fsp3) is 0.333. The molecule has 0 aromatic heterocycles. The van der Waals surface area contributed by atoms with Gasteiger partial charge >= 0.3 is 0 Å². The molecule has 7 fully saturated rings. The fourth-order valence-corrected chi connectivity index (χ4v) is 10.0. The molecule has 4 N–H and O–H groups in total. The lowest BCUT2D eigenvalue weighted by atomic mass is 9.43. The summed E-state index contributed by atoms with van der Waals surface area (Å²) in [6.07, 6.45) is 0. The van der Waals surface area contributed by atoms with E-state index in [1.165, 1.54) is 22.3 Å². The van der Waals surface area contributed by atoms with Crippen LogP contribution >= 0.6 is 0 Å². The number of hydrogen-bond acceptors (Lipinski definition) is 2. The molecule has 20 heavy (non-hydrogen) atoms. The largest absolute Gasteiger partial charge is 0.398 e. The third kappa shape index (κ3) is 0.215. The van der Waals surface area contributed by atoms with Crippen LogP contribution in [0.3, 0.4) is 0 Å². The maximum Gasteiger partial charge on any atom is 0.0356 e. The van der Waals surface area contributed by atoms with Crippen LogP contribution < -0.4 is 11.5 Å². The van der Waals surface area contributed by atoms with Crippen molar-refractivity contribution < 1.29 is 0 Å². The van der Waals surface area contributed by atoms with E-state index in [0.29, 0.717) is 32.5 Å². The minimum atomic E-state index is 0.355. The Balaban J connectivity index is 1.64. The van der Waals surface area contributed by atoms with E-state index in [1.54, 1.807) is 0 Å². The van der Waals surface area contributed by atoms with Crippen LogP contribution in [0.2, 0.25) is 0 Å². The minimum absolute atomic E-state index is 0.355. The number of nitrogen functional groups attached to an aromatic ring is 2. The van der Waals surface area contributed by atoms with Gasteiger partial charge in [0.25, 0.3) is 0 Å². The van der Waals surface area contributed by atoms with E-state index >= 15 is 0 Å². The molecule has 15 aliphatic rings. The van der Waals surface area contributed by atoms with Gasteiger partial charge in [0.05, 0.1) is 0 Å². The van der Waals surface area contributed by atoms with Gasteiger partial charge < -0.3 is 11.5 Å². The van der Waals surface area contributed by atoms with E-state index in [-0.39, 0.29) is 0 Å². The van der Waals surface area contributed by atoms with E-state index in [0.717, 1.165) is 11.4 Å². The Morgan fingerprint density at radius 2 is 1.15 bits per heavy atom. The van der Waals surface area contributed by atoms with Gasteiger partial charge in [0, 0.05) is 43.9 Å². The Hall–Kier alpha value is -1.96. The van der Waals surface area contributed by atoms with E-state index in [1.807, 2.05) is 0 Å². The second-order valence-electron chi connectivity index (χ2n) is 8.10. The normalized spacial score (nSPS) is 65.6. The van der Waals surface area contributed by atoms with E-state index in [2.05, 4.69) is 36.4 Å². The zero-order valence-electron chi connectivity index (χ0n) is 10.6. The smallest absolute Gasteiger partial charge is 0.0356 e. The molecular weight excluding hydrogens is 244 g/mol. The third-order valence-corrected chi connectivity index (χ3v) is 9.15. The zero-order chi connectivity index (χ0) is 12.7. The lowest BCUT2D eigenvalue weighted by molar-refractivity contribution is 0.0667. The predicted octanol–water partition coefficient (Wildman–Crippen LogP) is 1.57. The first kappa shape index (κ1) is 7.72. The zero-order valence-corrected chi connectivity index (χ0v) is 10.6. The molecule has 2 aromatic rings. The molecule has 10 bridgehead atoms. The standard InChI is InChI=1S/C18H10N2/c19-11-6-8-2-3-9(11)15-13-7-1-4-10(12(20)5-7)16(15)17(13)14(8,13)18(15,16)17/h1-6H,19-20H2. The van der Waals surface area contributed by atoms with Crippen molar-refractivity contribution in [3.8, 4) is 0 Å². The van der Waals surface area contributed by atoms with Crippen LogP contribution in [0.5, 0.6) is 0 Å². The van der Waals surface area contributed by atoms with Crippen molar-refractivity contribution in [2.75, 3.05) is 11.5 Å². The Labute approximate surface area is 114 Å². The highest BCUT2D eigenvalue weighted by atomic mass is 15.6. The first-order valence-corrected chi connectivity index (χ1v) is 7.55. The summed E-state index contributed by atoms with van der Waals surface area (Å²) in [4.78, 5) is 0. The van der Waals surface area contributed by atoms with Crippen molar-refractivity contribution in [2.45, 2.75) is 21.7 Å². The average molecular weight is 254 g/mol. The summed E-state index contributed by atoms with van der Waals surface area (Å²) >= 11 is 0. The van der Waals surface area contributed by atoms with Crippen molar-refractivity contribution in [1.82, 2.24) is 0 Å². The lowest BCUT2D eigenvalue weighted by Crippen LogP contribution is -2.62. The average Bonchev–Trinajstić information content (AvgIpc) is 3.24. The van der Waals surface area contributed by atoms with Crippen LogP contribution in [0, 0.1) is 10.8 Å². The van der Waals surface area contributed by atoms with Gasteiger partial charge in [-0.05, 0) is 34.4 Å². The van der Waals surface area contributed by atoms with Crippen molar-refractivity contribution in [3.63, 3.8) is 0 Å². The van der Waals surface area contributed by atoms with Gasteiger partial charge in [-0.3, -0.25) is 0 Å². The van der Waals surface area contributed by atoms with Gasteiger partial charge in [-0.25, -0.2) is 0 Å². The molecule has 6 spiro atoms. The summed E-state index contributed by atoms with van der Waals surface area (Å²) in [6.45, 7) is 0. The van der Waals surface area contributed by atoms with Gasteiger partial charge in [-0.2, -0.15) is 0 Å². The van der Waals surface area contributed by atoms with E-state index in [4.69, 9.17) is 11.5 Å². The summed E-state index contributed by atoms with van der Waals surface area (Å²) in [5.74, 6) is 0. The van der Waals surface area contributed by atoms with E-state index < -0.39 is 0 Å². The second-order valence-corrected chi connectivity index (χ2v) is 8.10. The highest BCUT2D eigenvalue weighted by molar-refractivity contribution is 6.22. The van der Waals surface area contributed by atoms with E-state index in [9.17, 15) is 0 Å². The third-order valence-electron chi connectivity index (χ3n) is 9.15. The Morgan fingerprint density at radius 1 is 0.600 bits per heavy atom. The number of nitrogens with two attached hydrogens (primary N) is 2. The van der Waals surface area contributed by atoms with Gasteiger partial charge in [0.1, 0.15) is 0 Å². The van der Waals surface area contributed by atoms with Crippen LogP contribution in [0.25, 0.3) is 0 Å². The molecule has 0 amide bonds. The molecule has 17 rings (SSSR count). The molecule has 6 unspecified atom stereocenters. The molecule has 0 saturated heterocycles. The Bertz CT molecular complexity index is 1070. The maximum atomic E-state index is 6.40. The second kappa shape index (κ2) is 1.30. The Morgan fingerprint density at radius 3 is 1.80 bits per heavy atom. The number of rotatable bonds is 0. The Kier molecular flexibility index (Phi) is 0.503. The summed E-state index contributed by atoms with van der Waals surface area (Å²) in [5.41, 5.74) is 23.6. The summed E-state index contributed by atoms with van der Waals surface area (Å²) in [5, 5.41) is 0. The van der Waals surface area contributed by atoms with Crippen LogP contribution in [-0.4, -0.2) is 0 Å². The van der Waals surface area contributed by atoms with Crippen LogP contribution in [0.1, 0.15) is 22.3 Å². The predicted molar refractivity (Wildman–Crippen MR) is 73.3 cm³/mol. The monoisotopic (exact) mass is 254 g/mol. The molecule has 92 valence electrons. The molecule has 15 aliphatic carbocycles. The van der Waals surface area contributed by atoms with Crippen LogP contribution in [0.15, 0.2) is 36.4 Å². The lowest BCUT2D eigenvalue weighted by Gasteiger charge is -2.56. The quantitative estimate of drug-likeness (QED) is 0.701. The number of benzene rings is 2. The fourth-order valence-electron chi connectivity index (χ4n) is 10.0. The summed E-state index contributed by atoms with van der Waals surface area (Å²) in [7, 11) is 0. The molecule has 2 heteroatoms. The van der Waals surface area contributed by atoms with Crippen LogP contribution in [-0.2, 0) is 21.7 Å². The van der Waals surface area contributed by atoms with Crippen molar-refractivity contribution in [1.29, 1.82) is 0 Å². The number of anilines is 2. The molecule has 0 heterocycles. The van der Waals surface area contributed by atoms with Crippen molar-refractivity contribution >= 4 is 11.4 Å². The molecule has 0 aliphatic heterocycles. The molecule has 0 radical (unpaired) electrons. The minimum Gasteiger partial charge on any atom is -0.398 e.